The molecule has 0 fully saturated rings. The lowest BCUT2D eigenvalue weighted by Crippen LogP contribution is -2.11. The molecule has 0 aliphatic heterocycles. The van der Waals surface area contributed by atoms with E-state index in [1.54, 1.807) is 12.1 Å². The van der Waals surface area contributed by atoms with E-state index in [0.29, 0.717) is 26.6 Å². The molecule has 18 heavy (non-hydrogen) atoms. The van der Waals surface area contributed by atoms with Crippen LogP contribution in [0.1, 0.15) is 5.69 Å². The lowest BCUT2D eigenvalue weighted by Gasteiger charge is -2.06. The molecule has 0 aliphatic carbocycles. The van der Waals surface area contributed by atoms with Crippen molar-refractivity contribution < 1.29 is 9.53 Å². The van der Waals surface area contributed by atoms with Crippen LogP contribution in [0.15, 0.2) is 23.0 Å². The summed E-state index contributed by atoms with van der Waals surface area (Å²) in [6.45, 7) is 0. The van der Waals surface area contributed by atoms with Crippen LogP contribution in [0.5, 0.6) is 0 Å². The Morgan fingerprint density at radius 2 is 2.00 bits per heavy atom. The van der Waals surface area contributed by atoms with E-state index in [-0.39, 0.29) is 11.8 Å². The van der Waals surface area contributed by atoms with E-state index in [4.69, 9.17) is 23.2 Å². The van der Waals surface area contributed by atoms with Crippen LogP contribution in [-0.2, 0) is 16.0 Å². The van der Waals surface area contributed by atoms with Crippen molar-refractivity contribution in [2.24, 2.45) is 0 Å². The Morgan fingerprint density at radius 3 is 2.67 bits per heavy atom. The Morgan fingerprint density at radius 1 is 1.33 bits per heavy atom. The van der Waals surface area contributed by atoms with Gasteiger partial charge < -0.3 is 9.72 Å². The summed E-state index contributed by atoms with van der Waals surface area (Å²) in [5.41, 5.74) is 0.578. The Balaban J connectivity index is 2.65. The lowest BCUT2D eigenvalue weighted by atomic mass is 10.1. The van der Waals surface area contributed by atoms with E-state index in [0.717, 1.165) is 0 Å². The number of carbonyl (C=O) groups is 1. The number of rotatable bonds is 2. The second-order valence-corrected chi connectivity index (χ2v) is 4.51. The summed E-state index contributed by atoms with van der Waals surface area (Å²) in [4.78, 5) is 26.0. The number of aromatic nitrogens is 1. The van der Waals surface area contributed by atoms with Crippen molar-refractivity contribution >= 4 is 40.1 Å². The first-order chi connectivity index (χ1) is 8.52. The minimum Gasteiger partial charge on any atom is -0.469 e. The average Bonchev–Trinajstić information content (AvgIpc) is 2.33. The van der Waals surface area contributed by atoms with Crippen molar-refractivity contribution in [3.63, 3.8) is 0 Å². The number of benzene rings is 1. The molecule has 1 aromatic carbocycles. The predicted molar refractivity (Wildman–Crippen MR) is 70.3 cm³/mol. The van der Waals surface area contributed by atoms with Crippen molar-refractivity contribution in [2.75, 3.05) is 7.11 Å². The fourth-order valence-corrected chi connectivity index (χ4v) is 2.12. The van der Waals surface area contributed by atoms with Crippen molar-refractivity contribution in [1.82, 2.24) is 4.98 Å². The number of nitrogens with one attached hydrogen (secondary N) is 1. The molecule has 0 bridgehead atoms. The molecular formula is C12H9Cl2NO3. The number of H-pyrrole nitrogens is 1. The highest BCUT2D eigenvalue weighted by Crippen LogP contribution is 2.25. The summed E-state index contributed by atoms with van der Waals surface area (Å²) >= 11 is 11.9. The Hall–Kier alpha value is -1.52. The number of ether oxygens (including phenoxy) is 1. The van der Waals surface area contributed by atoms with Gasteiger partial charge in [-0.25, -0.2) is 0 Å². The van der Waals surface area contributed by atoms with E-state index in [1.165, 1.54) is 13.2 Å². The molecule has 0 atom stereocenters. The summed E-state index contributed by atoms with van der Waals surface area (Å²) < 4.78 is 4.54. The van der Waals surface area contributed by atoms with E-state index in [1.807, 2.05) is 0 Å². The van der Waals surface area contributed by atoms with Crippen LogP contribution in [0.3, 0.4) is 0 Å². The zero-order valence-corrected chi connectivity index (χ0v) is 10.9. The molecule has 0 spiro atoms. The molecule has 0 aliphatic rings. The maximum absolute atomic E-state index is 11.9. The standard InChI is InChI=1S/C12H9Cl2NO3/c1-18-10(17)5-6-4-9(16)11-7(13)2-3-8(14)12(11)15-6/h2-4H,5H2,1H3,(H,15,16). The van der Waals surface area contributed by atoms with Gasteiger partial charge in [0.1, 0.15) is 0 Å². The normalized spacial score (nSPS) is 10.6. The molecule has 0 saturated heterocycles. The molecule has 1 aromatic heterocycles. The first-order valence-electron chi connectivity index (χ1n) is 5.09. The average molecular weight is 286 g/mol. The molecule has 1 heterocycles. The number of methoxy groups -OCH3 is 1. The van der Waals surface area contributed by atoms with Gasteiger partial charge in [-0.3, -0.25) is 9.59 Å². The monoisotopic (exact) mass is 285 g/mol. The van der Waals surface area contributed by atoms with Gasteiger partial charge in [0.15, 0.2) is 5.43 Å². The molecule has 0 unspecified atom stereocenters. The predicted octanol–water partition coefficient (Wildman–Crippen LogP) is 2.55. The summed E-state index contributed by atoms with van der Waals surface area (Å²) in [5.74, 6) is -0.442. The van der Waals surface area contributed by atoms with Crippen LogP contribution in [0.4, 0.5) is 0 Å². The van der Waals surface area contributed by atoms with Gasteiger partial charge in [-0.15, -0.1) is 0 Å². The maximum Gasteiger partial charge on any atom is 0.311 e. The number of pyridine rings is 1. The third-order valence-corrected chi connectivity index (χ3v) is 3.13. The zero-order valence-electron chi connectivity index (χ0n) is 9.42. The highest BCUT2D eigenvalue weighted by molar-refractivity contribution is 6.39. The first-order valence-corrected chi connectivity index (χ1v) is 5.85. The quantitative estimate of drug-likeness (QED) is 0.863. The third-order valence-electron chi connectivity index (χ3n) is 2.50. The molecule has 6 heteroatoms. The molecule has 0 amide bonds. The number of carbonyl (C=O) groups excluding carboxylic acids is 1. The number of halogens is 2. The highest BCUT2D eigenvalue weighted by Gasteiger charge is 2.11. The maximum atomic E-state index is 11.9. The number of hydrogen-bond acceptors (Lipinski definition) is 3. The number of hydrogen-bond donors (Lipinski definition) is 1. The summed E-state index contributed by atoms with van der Waals surface area (Å²) in [7, 11) is 1.28. The van der Waals surface area contributed by atoms with Crippen LogP contribution >= 0.6 is 23.2 Å². The lowest BCUT2D eigenvalue weighted by molar-refractivity contribution is -0.139. The topological polar surface area (TPSA) is 59.2 Å². The second kappa shape index (κ2) is 5.00. The minimum absolute atomic E-state index is 0.0233. The van der Waals surface area contributed by atoms with Gasteiger partial charge in [0.2, 0.25) is 0 Å². The van der Waals surface area contributed by atoms with Gasteiger partial charge >= 0.3 is 5.97 Å². The van der Waals surface area contributed by atoms with Gasteiger partial charge in [0.05, 0.1) is 34.5 Å². The smallest absolute Gasteiger partial charge is 0.311 e. The van der Waals surface area contributed by atoms with Gasteiger partial charge in [-0.2, -0.15) is 0 Å². The Bertz CT molecular complexity index is 679. The molecule has 94 valence electrons. The summed E-state index contributed by atoms with van der Waals surface area (Å²) in [6, 6.07) is 4.47. The molecule has 1 N–H and O–H groups in total. The van der Waals surface area contributed by atoms with Crippen LogP contribution in [0, 0.1) is 0 Å². The van der Waals surface area contributed by atoms with Crippen molar-refractivity contribution in [1.29, 1.82) is 0 Å². The molecule has 4 nitrogen and oxygen atoms in total. The zero-order chi connectivity index (χ0) is 13.3. The third kappa shape index (κ3) is 2.35. The molecule has 0 saturated carbocycles. The van der Waals surface area contributed by atoms with Crippen molar-refractivity contribution in [3.05, 3.63) is 44.2 Å². The van der Waals surface area contributed by atoms with Crippen molar-refractivity contribution in [2.45, 2.75) is 6.42 Å². The Labute approximate surface area is 112 Å². The summed E-state index contributed by atoms with van der Waals surface area (Å²) in [6.07, 6.45) is -0.0233. The van der Waals surface area contributed by atoms with E-state index in [9.17, 15) is 9.59 Å². The van der Waals surface area contributed by atoms with Crippen LogP contribution in [-0.4, -0.2) is 18.1 Å². The van der Waals surface area contributed by atoms with Gasteiger partial charge in [0.25, 0.3) is 0 Å². The SMILES string of the molecule is COC(=O)Cc1cc(=O)c2c(Cl)ccc(Cl)c2[nH]1. The highest BCUT2D eigenvalue weighted by atomic mass is 35.5. The molecule has 0 radical (unpaired) electrons. The van der Waals surface area contributed by atoms with Crippen molar-refractivity contribution in [3.8, 4) is 0 Å². The van der Waals surface area contributed by atoms with Gasteiger partial charge in [-0.1, -0.05) is 23.2 Å². The fourth-order valence-electron chi connectivity index (χ4n) is 1.66. The fraction of sp³-hybridized carbons (Fsp3) is 0.167. The largest absolute Gasteiger partial charge is 0.469 e. The molecule has 2 rings (SSSR count). The minimum atomic E-state index is -0.442. The molecule has 2 aromatic rings. The van der Waals surface area contributed by atoms with Gasteiger partial charge in [0, 0.05) is 11.8 Å². The number of fused-ring (bicyclic) bond motifs is 1. The van der Waals surface area contributed by atoms with E-state index >= 15 is 0 Å². The van der Waals surface area contributed by atoms with Crippen LogP contribution in [0.2, 0.25) is 10.0 Å². The number of aromatic amines is 1. The van der Waals surface area contributed by atoms with Gasteiger partial charge in [-0.05, 0) is 12.1 Å². The van der Waals surface area contributed by atoms with Crippen LogP contribution < -0.4 is 5.43 Å². The van der Waals surface area contributed by atoms with Crippen LogP contribution in [0.25, 0.3) is 10.9 Å². The Kier molecular flexibility index (Phi) is 3.59. The van der Waals surface area contributed by atoms with E-state index < -0.39 is 5.97 Å². The van der Waals surface area contributed by atoms with E-state index in [2.05, 4.69) is 9.72 Å². The summed E-state index contributed by atoms with van der Waals surface area (Å²) in [5, 5.41) is 1.01. The number of esters is 1. The molecular weight excluding hydrogens is 277 g/mol. The second-order valence-electron chi connectivity index (χ2n) is 3.69. The first kappa shape index (κ1) is 12.9.